The van der Waals surface area contributed by atoms with Gasteiger partial charge in [-0.3, -0.25) is 4.79 Å². The van der Waals surface area contributed by atoms with E-state index in [9.17, 15) is 4.79 Å². The molecule has 1 heterocycles. The average Bonchev–Trinajstić information content (AvgIpc) is 2.48. The molecule has 4 nitrogen and oxygen atoms in total. The van der Waals surface area contributed by atoms with Crippen LogP contribution in [0.15, 0.2) is 18.2 Å². The number of methoxy groups -OCH3 is 1. The van der Waals surface area contributed by atoms with Crippen LogP contribution in [-0.2, 0) is 16.0 Å². The normalized spacial score (nSPS) is 25.8. The van der Waals surface area contributed by atoms with Crippen molar-refractivity contribution in [3.8, 4) is 0 Å². The summed E-state index contributed by atoms with van der Waals surface area (Å²) in [7, 11) is 1.80. The van der Waals surface area contributed by atoms with Gasteiger partial charge in [0.1, 0.15) is 0 Å². The first-order chi connectivity index (χ1) is 9.74. The Morgan fingerprint density at radius 2 is 2.00 bits per heavy atom. The summed E-state index contributed by atoms with van der Waals surface area (Å²) in [5, 5.41) is 6.54. The lowest BCUT2D eigenvalue weighted by atomic mass is 9.92. The Bertz CT molecular complexity index is 493. The number of nitrogens with one attached hydrogen (secondary N) is 2. The monoisotopic (exact) mass is 274 g/mol. The van der Waals surface area contributed by atoms with Crippen molar-refractivity contribution in [2.75, 3.05) is 17.7 Å². The molecule has 1 aliphatic heterocycles. The number of hydrogen-bond donors (Lipinski definition) is 2. The predicted octanol–water partition coefficient (Wildman–Crippen LogP) is 2.94. The second kappa shape index (κ2) is 5.83. The average molecular weight is 274 g/mol. The van der Waals surface area contributed by atoms with Gasteiger partial charge in [-0.15, -0.1) is 0 Å². The molecule has 0 atom stereocenters. The van der Waals surface area contributed by atoms with Crippen molar-refractivity contribution >= 4 is 17.3 Å². The summed E-state index contributed by atoms with van der Waals surface area (Å²) in [6.07, 6.45) is 6.46. The highest BCUT2D eigenvalue weighted by atomic mass is 16.5. The topological polar surface area (TPSA) is 50.4 Å². The van der Waals surface area contributed by atoms with E-state index in [2.05, 4.69) is 22.8 Å². The molecule has 1 fully saturated rings. The van der Waals surface area contributed by atoms with Crippen LogP contribution in [0.1, 0.15) is 37.7 Å². The minimum atomic E-state index is 0.121. The van der Waals surface area contributed by atoms with Crippen LogP contribution in [-0.4, -0.2) is 25.2 Å². The van der Waals surface area contributed by atoms with E-state index < -0.39 is 0 Å². The van der Waals surface area contributed by atoms with Gasteiger partial charge >= 0.3 is 0 Å². The number of anilines is 2. The smallest absolute Gasteiger partial charge is 0.224 e. The van der Waals surface area contributed by atoms with Crippen molar-refractivity contribution in [1.29, 1.82) is 0 Å². The fraction of sp³-hybridized carbons (Fsp3) is 0.562. The number of ether oxygens (including phenoxy) is 1. The van der Waals surface area contributed by atoms with E-state index >= 15 is 0 Å². The lowest BCUT2D eigenvalue weighted by Crippen LogP contribution is -2.29. The van der Waals surface area contributed by atoms with E-state index in [0.29, 0.717) is 18.6 Å². The second-order valence-corrected chi connectivity index (χ2v) is 5.77. The Kier molecular flexibility index (Phi) is 3.92. The van der Waals surface area contributed by atoms with E-state index in [1.54, 1.807) is 7.11 Å². The molecule has 1 aliphatic carbocycles. The van der Waals surface area contributed by atoms with Crippen LogP contribution in [0.4, 0.5) is 11.4 Å². The molecule has 2 N–H and O–H groups in total. The van der Waals surface area contributed by atoms with Crippen LogP contribution < -0.4 is 10.6 Å². The first-order valence-corrected chi connectivity index (χ1v) is 7.46. The standard InChI is InChI=1S/C16H22N2O2/c1-20-14-6-3-12(4-7-14)17-13-5-8-15-11(10-13)2-9-16(19)18-15/h5,8,10,12,14,17H,2-4,6-7,9H2,1H3,(H,18,19). The first-order valence-electron chi connectivity index (χ1n) is 7.46. The summed E-state index contributed by atoms with van der Waals surface area (Å²) >= 11 is 0. The van der Waals surface area contributed by atoms with Crippen molar-refractivity contribution in [2.45, 2.75) is 50.7 Å². The molecule has 1 amide bonds. The first kappa shape index (κ1) is 13.4. The van der Waals surface area contributed by atoms with Gasteiger partial charge in [-0.1, -0.05) is 0 Å². The van der Waals surface area contributed by atoms with Crippen LogP contribution >= 0.6 is 0 Å². The van der Waals surface area contributed by atoms with Crippen molar-refractivity contribution < 1.29 is 9.53 Å². The van der Waals surface area contributed by atoms with E-state index in [1.165, 1.54) is 11.3 Å². The van der Waals surface area contributed by atoms with Gasteiger partial charge in [0.15, 0.2) is 0 Å². The number of carbonyl (C=O) groups excluding carboxylic acids is 1. The molecule has 0 spiro atoms. The van der Waals surface area contributed by atoms with Crippen molar-refractivity contribution in [2.24, 2.45) is 0 Å². The van der Waals surface area contributed by atoms with Crippen molar-refractivity contribution in [1.82, 2.24) is 0 Å². The molecule has 108 valence electrons. The lowest BCUT2D eigenvalue weighted by molar-refractivity contribution is -0.116. The summed E-state index contributed by atoms with van der Waals surface area (Å²) in [5.41, 5.74) is 3.37. The Labute approximate surface area is 119 Å². The maximum absolute atomic E-state index is 11.3. The molecular formula is C16H22N2O2. The largest absolute Gasteiger partial charge is 0.382 e. The quantitative estimate of drug-likeness (QED) is 0.891. The summed E-state index contributed by atoms with van der Waals surface area (Å²) in [6.45, 7) is 0. The van der Waals surface area contributed by atoms with Crippen LogP contribution in [0.25, 0.3) is 0 Å². The van der Waals surface area contributed by atoms with Gasteiger partial charge in [0.2, 0.25) is 5.91 Å². The molecular weight excluding hydrogens is 252 g/mol. The molecule has 0 aromatic heterocycles. The van der Waals surface area contributed by atoms with E-state index in [-0.39, 0.29) is 5.91 Å². The van der Waals surface area contributed by atoms with E-state index in [1.807, 2.05) is 6.07 Å². The zero-order valence-corrected chi connectivity index (χ0v) is 11.9. The predicted molar refractivity (Wildman–Crippen MR) is 80.1 cm³/mol. The fourth-order valence-corrected chi connectivity index (χ4v) is 3.15. The van der Waals surface area contributed by atoms with Gasteiger partial charge in [0.05, 0.1) is 6.10 Å². The maximum atomic E-state index is 11.3. The number of hydrogen-bond acceptors (Lipinski definition) is 3. The number of rotatable bonds is 3. The maximum Gasteiger partial charge on any atom is 0.224 e. The van der Waals surface area contributed by atoms with Gasteiger partial charge in [-0.25, -0.2) is 0 Å². The number of amides is 1. The highest BCUT2D eigenvalue weighted by Gasteiger charge is 2.21. The Balaban J connectivity index is 1.62. The molecule has 0 radical (unpaired) electrons. The number of aryl methyl sites for hydroxylation is 1. The summed E-state index contributed by atoms with van der Waals surface area (Å²) in [6, 6.07) is 6.79. The zero-order chi connectivity index (χ0) is 13.9. The summed E-state index contributed by atoms with van der Waals surface area (Å²) < 4.78 is 5.41. The van der Waals surface area contributed by atoms with Crippen LogP contribution in [0.5, 0.6) is 0 Å². The van der Waals surface area contributed by atoms with Crippen molar-refractivity contribution in [3.05, 3.63) is 23.8 Å². The molecule has 0 unspecified atom stereocenters. The summed E-state index contributed by atoms with van der Waals surface area (Å²) in [4.78, 5) is 11.3. The molecule has 0 bridgehead atoms. The van der Waals surface area contributed by atoms with Gasteiger partial charge in [0.25, 0.3) is 0 Å². The van der Waals surface area contributed by atoms with E-state index in [0.717, 1.165) is 37.8 Å². The minimum absolute atomic E-state index is 0.121. The fourth-order valence-electron chi connectivity index (χ4n) is 3.15. The SMILES string of the molecule is COC1CCC(Nc2ccc3c(c2)CCC(=O)N3)CC1. The molecule has 20 heavy (non-hydrogen) atoms. The van der Waals surface area contributed by atoms with Crippen LogP contribution in [0.3, 0.4) is 0 Å². The summed E-state index contributed by atoms with van der Waals surface area (Å²) in [5.74, 6) is 0.121. The third-order valence-electron chi connectivity index (χ3n) is 4.38. The third-order valence-corrected chi connectivity index (χ3v) is 4.38. The van der Waals surface area contributed by atoms with Crippen LogP contribution in [0, 0.1) is 0 Å². The highest BCUT2D eigenvalue weighted by Crippen LogP contribution is 2.28. The number of fused-ring (bicyclic) bond motifs is 1. The molecule has 1 saturated carbocycles. The highest BCUT2D eigenvalue weighted by molar-refractivity contribution is 5.94. The van der Waals surface area contributed by atoms with Gasteiger partial charge in [0, 0.05) is 30.9 Å². The molecule has 3 rings (SSSR count). The van der Waals surface area contributed by atoms with Gasteiger partial charge in [-0.2, -0.15) is 0 Å². The van der Waals surface area contributed by atoms with Gasteiger partial charge in [-0.05, 0) is 55.9 Å². The Morgan fingerprint density at radius 1 is 1.20 bits per heavy atom. The molecule has 4 heteroatoms. The van der Waals surface area contributed by atoms with Crippen LogP contribution in [0.2, 0.25) is 0 Å². The molecule has 2 aliphatic rings. The molecule has 1 aromatic carbocycles. The van der Waals surface area contributed by atoms with Crippen molar-refractivity contribution in [3.63, 3.8) is 0 Å². The Hall–Kier alpha value is -1.55. The lowest BCUT2D eigenvalue weighted by Gasteiger charge is -2.29. The number of carbonyl (C=O) groups is 1. The molecule has 1 aromatic rings. The number of benzene rings is 1. The Morgan fingerprint density at radius 3 is 2.75 bits per heavy atom. The second-order valence-electron chi connectivity index (χ2n) is 5.77. The molecule has 0 saturated heterocycles. The van der Waals surface area contributed by atoms with Gasteiger partial charge < -0.3 is 15.4 Å². The van der Waals surface area contributed by atoms with E-state index in [4.69, 9.17) is 4.74 Å². The zero-order valence-electron chi connectivity index (χ0n) is 11.9. The minimum Gasteiger partial charge on any atom is -0.382 e. The third kappa shape index (κ3) is 2.96.